The van der Waals surface area contributed by atoms with Gasteiger partial charge in [-0.3, -0.25) is 4.31 Å². The number of hydrogen-bond donors (Lipinski definition) is 0. The maximum absolute atomic E-state index is 12.4. The lowest BCUT2D eigenvalue weighted by Crippen LogP contribution is -2.24. The highest BCUT2D eigenvalue weighted by Gasteiger charge is 2.31. The molecule has 1 rings (SSSR count). The smallest absolute Gasteiger partial charge is 0.267 e. The van der Waals surface area contributed by atoms with E-state index in [9.17, 15) is 21.6 Å². The van der Waals surface area contributed by atoms with Gasteiger partial charge in [-0.05, 0) is 23.7 Å². The number of nitrogens with zero attached hydrogens (tertiary/aromatic N) is 4. The van der Waals surface area contributed by atoms with Crippen molar-refractivity contribution in [2.24, 2.45) is 4.52 Å². The highest BCUT2D eigenvalue weighted by atomic mass is 32.2. The summed E-state index contributed by atoms with van der Waals surface area (Å²) >= 11 is 0. The average molecular weight is 280 g/mol. The number of rotatable bonds is 3. The van der Waals surface area contributed by atoms with Crippen molar-refractivity contribution in [3.8, 4) is 0 Å². The summed E-state index contributed by atoms with van der Waals surface area (Å²) in [6.45, 7) is 0. The lowest BCUT2D eigenvalue weighted by atomic mass is 10.2. The minimum Gasteiger partial charge on any atom is -0.267 e. The fourth-order valence-electron chi connectivity index (χ4n) is 1.11. The summed E-state index contributed by atoms with van der Waals surface area (Å²) in [4.78, 5) is 2.10. The van der Waals surface area contributed by atoms with E-state index in [1.807, 2.05) is 0 Å². The van der Waals surface area contributed by atoms with Crippen LogP contribution in [-0.4, -0.2) is 15.5 Å². The Morgan fingerprint density at radius 3 is 2.50 bits per heavy atom. The Morgan fingerprint density at radius 2 is 2.00 bits per heavy atom. The molecule has 0 spiro atoms. The molecule has 0 amide bonds. The minimum atomic E-state index is -4.58. The number of benzene rings is 1. The molecule has 0 heterocycles. The van der Waals surface area contributed by atoms with Crippen LogP contribution in [0.1, 0.15) is 5.56 Å². The Balaban J connectivity index is 3.24. The third kappa shape index (κ3) is 3.05. The second kappa shape index (κ2) is 4.75. The zero-order valence-electron chi connectivity index (χ0n) is 8.96. The molecule has 0 saturated heterocycles. The molecule has 0 N–H and O–H groups in total. The van der Waals surface area contributed by atoms with E-state index in [0.29, 0.717) is 10.4 Å². The number of halogens is 3. The first-order chi connectivity index (χ1) is 8.18. The first-order valence-electron chi connectivity index (χ1n) is 4.41. The zero-order chi connectivity index (χ0) is 14.0. The average Bonchev–Trinajstić information content (AvgIpc) is 2.27. The van der Waals surface area contributed by atoms with Gasteiger partial charge in [0.25, 0.3) is 0 Å². The van der Waals surface area contributed by atoms with E-state index in [1.54, 1.807) is 0 Å². The second-order valence-corrected chi connectivity index (χ2v) is 4.77. The molecule has 0 saturated carbocycles. The zero-order valence-corrected chi connectivity index (χ0v) is 9.77. The molecule has 0 bridgehead atoms. The molecule has 0 fully saturated rings. The maximum Gasteiger partial charge on any atom is 0.416 e. The molecule has 0 unspecified atom stereocenters. The van der Waals surface area contributed by atoms with Crippen LogP contribution in [0.3, 0.4) is 0 Å². The SMILES string of the molecule is CN(c1cccc(C(F)(F)F)c1)S(=O)(=O)N=[N+]=[N-]. The molecule has 10 heteroatoms. The summed E-state index contributed by atoms with van der Waals surface area (Å²) in [5.41, 5.74) is 6.80. The van der Waals surface area contributed by atoms with Crippen molar-refractivity contribution < 1.29 is 21.6 Å². The van der Waals surface area contributed by atoms with Crippen molar-refractivity contribution in [3.05, 3.63) is 40.3 Å². The van der Waals surface area contributed by atoms with E-state index >= 15 is 0 Å². The molecule has 0 aliphatic heterocycles. The summed E-state index contributed by atoms with van der Waals surface area (Å²) in [5.74, 6) is 0. The molecular formula is C8H7F3N4O2S. The maximum atomic E-state index is 12.4. The normalized spacial score (nSPS) is 11.8. The van der Waals surface area contributed by atoms with Gasteiger partial charge in [-0.2, -0.15) is 21.6 Å². The fourth-order valence-corrected chi connectivity index (χ4v) is 1.69. The Hall–Kier alpha value is -1.93. The quantitative estimate of drug-likeness (QED) is 0.484. The Labute approximate surface area is 100 Å². The van der Waals surface area contributed by atoms with Crippen LogP contribution in [0.25, 0.3) is 10.4 Å². The van der Waals surface area contributed by atoms with Gasteiger partial charge in [0.15, 0.2) is 0 Å². The third-order valence-electron chi connectivity index (χ3n) is 2.02. The van der Waals surface area contributed by atoms with Gasteiger partial charge in [0, 0.05) is 12.0 Å². The van der Waals surface area contributed by atoms with Gasteiger partial charge in [-0.15, -0.1) is 0 Å². The second-order valence-electron chi connectivity index (χ2n) is 3.16. The minimum absolute atomic E-state index is 0.253. The van der Waals surface area contributed by atoms with Crippen molar-refractivity contribution in [2.45, 2.75) is 6.18 Å². The predicted octanol–water partition coefficient (Wildman–Crippen LogP) is 2.70. The van der Waals surface area contributed by atoms with Crippen molar-refractivity contribution in [3.63, 3.8) is 0 Å². The van der Waals surface area contributed by atoms with Crippen LogP contribution in [0.5, 0.6) is 0 Å². The third-order valence-corrected chi connectivity index (χ3v) is 3.21. The van der Waals surface area contributed by atoms with Crippen LogP contribution in [0.4, 0.5) is 18.9 Å². The standard InChI is InChI=1S/C8H7F3N4O2S/c1-15(18(16,17)14-13-12)7-4-2-3-6(5-7)8(9,10)11/h2-5H,1H3. The molecular weight excluding hydrogens is 273 g/mol. The molecule has 0 aliphatic carbocycles. The lowest BCUT2D eigenvalue weighted by Gasteiger charge is -2.17. The van der Waals surface area contributed by atoms with Crippen LogP contribution in [0, 0.1) is 0 Å². The van der Waals surface area contributed by atoms with Crippen molar-refractivity contribution >= 4 is 15.9 Å². The Kier molecular flexibility index (Phi) is 3.73. The van der Waals surface area contributed by atoms with Crippen molar-refractivity contribution in [1.82, 2.24) is 0 Å². The van der Waals surface area contributed by atoms with E-state index in [-0.39, 0.29) is 5.69 Å². The van der Waals surface area contributed by atoms with E-state index in [4.69, 9.17) is 5.53 Å². The predicted molar refractivity (Wildman–Crippen MR) is 57.9 cm³/mol. The molecule has 1 aromatic rings. The van der Waals surface area contributed by atoms with Crippen LogP contribution >= 0.6 is 0 Å². The van der Waals surface area contributed by atoms with Gasteiger partial charge >= 0.3 is 16.4 Å². The Bertz CT molecular complexity index is 593. The summed E-state index contributed by atoms with van der Waals surface area (Å²) in [7, 11) is -3.37. The van der Waals surface area contributed by atoms with Gasteiger partial charge in [-0.1, -0.05) is 6.07 Å². The van der Waals surface area contributed by atoms with Crippen LogP contribution < -0.4 is 4.31 Å². The van der Waals surface area contributed by atoms with Crippen molar-refractivity contribution in [1.29, 1.82) is 0 Å². The molecule has 0 aliphatic rings. The molecule has 18 heavy (non-hydrogen) atoms. The number of azide groups is 1. The molecule has 0 aromatic heterocycles. The van der Waals surface area contributed by atoms with Gasteiger partial charge in [-0.25, -0.2) is 0 Å². The van der Waals surface area contributed by atoms with Crippen LogP contribution in [-0.2, 0) is 16.4 Å². The van der Waals surface area contributed by atoms with Gasteiger partial charge in [0.2, 0.25) is 0 Å². The first kappa shape index (κ1) is 14.1. The summed E-state index contributed by atoms with van der Waals surface area (Å²) < 4.78 is 62.9. The van der Waals surface area contributed by atoms with Crippen LogP contribution in [0.2, 0.25) is 0 Å². The van der Waals surface area contributed by atoms with Gasteiger partial charge < -0.3 is 0 Å². The molecule has 1 aromatic carbocycles. The Morgan fingerprint density at radius 1 is 1.39 bits per heavy atom. The van der Waals surface area contributed by atoms with Crippen molar-refractivity contribution in [2.75, 3.05) is 11.4 Å². The first-order valence-corrected chi connectivity index (χ1v) is 5.80. The monoisotopic (exact) mass is 280 g/mol. The van der Waals surface area contributed by atoms with E-state index in [1.165, 1.54) is 0 Å². The molecule has 0 radical (unpaired) electrons. The molecule has 0 atom stereocenters. The van der Waals surface area contributed by atoms with Gasteiger partial charge in [0.1, 0.15) is 0 Å². The lowest BCUT2D eigenvalue weighted by molar-refractivity contribution is -0.137. The molecule has 98 valence electrons. The molecule has 6 nitrogen and oxygen atoms in total. The van der Waals surface area contributed by atoms with E-state index in [2.05, 4.69) is 9.43 Å². The number of hydrogen-bond acceptors (Lipinski definition) is 2. The van der Waals surface area contributed by atoms with E-state index in [0.717, 1.165) is 25.2 Å². The highest BCUT2D eigenvalue weighted by molar-refractivity contribution is 7.91. The van der Waals surface area contributed by atoms with Gasteiger partial charge in [0.05, 0.1) is 15.8 Å². The topological polar surface area (TPSA) is 86.1 Å². The fraction of sp³-hybridized carbons (Fsp3) is 0.250. The van der Waals surface area contributed by atoms with Crippen LogP contribution in [0.15, 0.2) is 28.8 Å². The summed E-state index contributed by atoms with van der Waals surface area (Å²) in [6.07, 6.45) is -4.58. The van der Waals surface area contributed by atoms with E-state index < -0.39 is 21.9 Å². The number of alkyl halides is 3. The summed E-state index contributed by atoms with van der Waals surface area (Å²) in [5, 5.41) is 0. The summed E-state index contributed by atoms with van der Waals surface area (Å²) in [6, 6.07) is 3.65. The highest BCUT2D eigenvalue weighted by Crippen LogP contribution is 2.31. The number of anilines is 1. The largest absolute Gasteiger partial charge is 0.416 e.